The SMILES string of the molecule is [C-]#[N+]C1=C[C@]2(C)[C@H]3CC=C4[C@@H]5CC(C)(C)CC[C@]5(C(=O)OC)CC[C@@]4(C)[C@]3(C)CC[C@H]2[C@H](C)C1=O. The highest BCUT2D eigenvalue weighted by atomic mass is 16.5. The van der Waals surface area contributed by atoms with Gasteiger partial charge in [-0.25, -0.2) is 4.85 Å². The van der Waals surface area contributed by atoms with Crippen LogP contribution in [0.25, 0.3) is 4.85 Å². The molecule has 5 aliphatic carbocycles. The molecular weight excluding hydrogens is 434 g/mol. The van der Waals surface area contributed by atoms with Crippen LogP contribution >= 0.6 is 0 Å². The molecule has 8 atom stereocenters. The highest BCUT2D eigenvalue weighted by Crippen LogP contribution is 2.74. The Bertz CT molecular complexity index is 1080. The molecule has 0 aromatic carbocycles. The highest BCUT2D eigenvalue weighted by molar-refractivity contribution is 6.00. The Balaban J connectivity index is 1.64. The normalized spacial score (nSPS) is 48.1. The van der Waals surface area contributed by atoms with Crippen LogP contribution in [0.3, 0.4) is 0 Å². The fourth-order valence-corrected chi connectivity index (χ4v) is 10.00. The number of hydrogen-bond donors (Lipinski definition) is 0. The van der Waals surface area contributed by atoms with Gasteiger partial charge in [-0.3, -0.25) is 4.79 Å². The fourth-order valence-electron chi connectivity index (χ4n) is 10.00. The Hall–Kier alpha value is -1.89. The zero-order valence-corrected chi connectivity index (χ0v) is 22.8. The van der Waals surface area contributed by atoms with E-state index >= 15 is 0 Å². The van der Waals surface area contributed by atoms with Crippen molar-refractivity contribution in [2.75, 3.05) is 7.11 Å². The van der Waals surface area contributed by atoms with E-state index in [1.54, 1.807) is 7.11 Å². The molecule has 0 spiro atoms. The van der Waals surface area contributed by atoms with Crippen molar-refractivity contribution in [1.82, 2.24) is 0 Å². The number of carbonyl (C=O) groups is 2. The average Bonchev–Trinajstić information content (AvgIpc) is 2.81. The minimum atomic E-state index is -0.386. The molecule has 190 valence electrons. The van der Waals surface area contributed by atoms with Gasteiger partial charge < -0.3 is 9.53 Å². The molecule has 5 rings (SSSR count). The Morgan fingerprint density at radius 3 is 2.43 bits per heavy atom. The lowest BCUT2D eigenvalue weighted by atomic mass is 9.35. The van der Waals surface area contributed by atoms with Crippen LogP contribution in [-0.2, 0) is 14.3 Å². The zero-order chi connectivity index (χ0) is 25.6. The van der Waals surface area contributed by atoms with Crippen LogP contribution in [0.4, 0.5) is 0 Å². The Morgan fingerprint density at radius 2 is 1.77 bits per heavy atom. The van der Waals surface area contributed by atoms with Crippen molar-refractivity contribution < 1.29 is 14.3 Å². The maximum Gasteiger partial charge on any atom is 0.312 e. The Kier molecular flexibility index (Phi) is 5.36. The van der Waals surface area contributed by atoms with Gasteiger partial charge in [-0.15, -0.1) is 0 Å². The van der Waals surface area contributed by atoms with Crippen LogP contribution in [0.15, 0.2) is 23.4 Å². The van der Waals surface area contributed by atoms with Crippen molar-refractivity contribution in [3.8, 4) is 0 Å². The molecule has 4 heteroatoms. The number of allylic oxidation sites excluding steroid dienone is 4. The molecule has 0 unspecified atom stereocenters. The molecule has 0 amide bonds. The third kappa shape index (κ3) is 3.02. The molecule has 0 aliphatic heterocycles. The summed E-state index contributed by atoms with van der Waals surface area (Å²) in [5.41, 5.74) is 1.61. The van der Waals surface area contributed by atoms with Gasteiger partial charge in [0.05, 0.1) is 19.1 Å². The third-order valence-electron chi connectivity index (χ3n) is 12.3. The molecule has 4 nitrogen and oxygen atoms in total. The summed E-state index contributed by atoms with van der Waals surface area (Å²) < 4.78 is 5.46. The number of ether oxygens (including phenoxy) is 1. The molecule has 0 aromatic heterocycles. The summed E-state index contributed by atoms with van der Waals surface area (Å²) >= 11 is 0. The molecular formula is C31H43NO3. The van der Waals surface area contributed by atoms with Gasteiger partial charge in [-0.1, -0.05) is 59.3 Å². The van der Waals surface area contributed by atoms with Crippen molar-refractivity contribution >= 4 is 11.8 Å². The number of methoxy groups -OCH3 is 1. The van der Waals surface area contributed by atoms with Crippen LogP contribution in [-0.4, -0.2) is 18.9 Å². The van der Waals surface area contributed by atoms with Crippen LogP contribution in [0.1, 0.15) is 92.9 Å². The van der Waals surface area contributed by atoms with Crippen molar-refractivity contribution in [3.63, 3.8) is 0 Å². The number of ketones is 1. The van der Waals surface area contributed by atoms with Gasteiger partial charge in [0.1, 0.15) is 0 Å². The van der Waals surface area contributed by atoms with E-state index in [1.807, 2.05) is 6.92 Å². The first-order chi connectivity index (χ1) is 16.3. The Labute approximate surface area is 211 Å². The maximum atomic E-state index is 13.3. The summed E-state index contributed by atoms with van der Waals surface area (Å²) in [5.74, 6) is 0.860. The van der Waals surface area contributed by atoms with Crippen LogP contribution in [0.5, 0.6) is 0 Å². The first-order valence-corrected chi connectivity index (χ1v) is 13.7. The molecule has 0 aromatic rings. The molecule has 0 radical (unpaired) electrons. The number of Topliss-reactive ketones (excluding diaryl/α,β-unsaturated/α-hetero) is 1. The first-order valence-electron chi connectivity index (χ1n) is 13.7. The lowest BCUT2D eigenvalue weighted by Gasteiger charge is -2.69. The van der Waals surface area contributed by atoms with Crippen LogP contribution < -0.4 is 0 Å². The molecule has 5 aliphatic rings. The molecule has 0 heterocycles. The van der Waals surface area contributed by atoms with E-state index in [0.717, 1.165) is 51.4 Å². The highest BCUT2D eigenvalue weighted by Gasteiger charge is 2.68. The summed E-state index contributed by atoms with van der Waals surface area (Å²) in [6.07, 6.45) is 12.6. The second-order valence-electron chi connectivity index (χ2n) is 14.1. The predicted octanol–water partition coefficient (Wildman–Crippen LogP) is 7.16. The van der Waals surface area contributed by atoms with Crippen LogP contribution in [0, 0.1) is 57.3 Å². The van der Waals surface area contributed by atoms with E-state index in [2.05, 4.69) is 51.6 Å². The fraction of sp³-hybridized carbons (Fsp3) is 0.774. The quantitative estimate of drug-likeness (QED) is 0.229. The van der Waals surface area contributed by atoms with Crippen molar-refractivity contribution in [2.24, 2.45) is 50.7 Å². The number of hydrogen-bond acceptors (Lipinski definition) is 3. The number of carbonyl (C=O) groups excluding carboxylic acids is 2. The smallest absolute Gasteiger partial charge is 0.312 e. The molecule has 35 heavy (non-hydrogen) atoms. The predicted molar refractivity (Wildman–Crippen MR) is 137 cm³/mol. The lowest BCUT2D eigenvalue weighted by Crippen LogP contribution is -2.63. The summed E-state index contributed by atoms with van der Waals surface area (Å²) in [7, 11) is 1.56. The largest absolute Gasteiger partial charge is 0.469 e. The van der Waals surface area contributed by atoms with E-state index in [-0.39, 0.29) is 50.7 Å². The van der Waals surface area contributed by atoms with Gasteiger partial charge in [0.25, 0.3) is 0 Å². The van der Waals surface area contributed by atoms with E-state index in [9.17, 15) is 9.59 Å². The van der Waals surface area contributed by atoms with Gasteiger partial charge >= 0.3 is 5.97 Å². The minimum Gasteiger partial charge on any atom is -0.469 e. The van der Waals surface area contributed by atoms with Crippen molar-refractivity contribution in [3.05, 3.63) is 34.8 Å². The molecule has 3 saturated carbocycles. The lowest BCUT2D eigenvalue weighted by molar-refractivity contribution is -0.174. The third-order valence-corrected chi connectivity index (χ3v) is 12.3. The molecule has 0 N–H and O–H groups in total. The number of rotatable bonds is 1. The number of fused-ring (bicyclic) bond motifs is 7. The number of esters is 1. The summed E-state index contributed by atoms with van der Waals surface area (Å²) in [5, 5.41) is 0. The molecule has 0 saturated heterocycles. The molecule has 0 bridgehead atoms. The van der Waals surface area contributed by atoms with Crippen molar-refractivity contribution in [1.29, 1.82) is 0 Å². The van der Waals surface area contributed by atoms with E-state index in [1.165, 1.54) is 5.57 Å². The van der Waals surface area contributed by atoms with E-state index < -0.39 is 0 Å². The van der Waals surface area contributed by atoms with E-state index in [4.69, 9.17) is 11.3 Å². The number of nitrogens with zero attached hydrogens (tertiary/aromatic N) is 1. The first kappa shape index (κ1) is 24.8. The van der Waals surface area contributed by atoms with Gasteiger partial charge in [0, 0.05) is 5.92 Å². The van der Waals surface area contributed by atoms with Crippen molar-refractivity contribution in [2.45, 2.75) is 92.9 Å². The van der Waals surface area contributed by atoms with Gasteiger partial charge in [-0.2, -0.15) is 0 Å². The minimum absolute atomic E-state index is 0.00635. The van der Waals surface area contributed by atoms with Crippen LogP contribution in [0.2, 0.25) is 0 Å². The maximum absolute atomic E-state index is 13.3. The second-order valence-corrected chi connectivity index (χ2v) is 14.1. The van der Waals surface area contributed by atoms with Gasteiger partial charge in [-0.05, 0) is 90.8 Å². The Morgan fingerprint density at radius 1 is 1.09 bits per heavy atom. The standard InChI is InChI=1S/C31H43NO3/c1-19-20-11-12-30(6)24(28(20,4)18-23(32-7)25(19)33)10-9-21-22-17-27(2,3)13-15-31(22,26(34)35-8)16-14-29(21,30)5/h9,18-20,22,24H,10-17H2,1-6,8H3/t19-,20-,22-,24+,28-,29+,30+,31-/m0/s1. The van der Waals surface area contributed by atoms with E-state index in [0.29, 0.717) is 17.5 Å². The summed E-state index contributed by atoms with van der Waals surface area (Å²) in [6.45, 7) is 21.8. The van der Waals surface area contributed by atoms with Gasteiger partial charge in [0.15, 0.2) is 5.78 Å². The average molecular weight is 478 g/mol. The van der Waals surface area contributed by atoms with Gasteiger partial charge in [0.2, 0.25) is 5.70 Å². The topological polar surface area (TPSA) is 47.7 Å². The molecule has 3 fully saturated rings. The second kappa shape index (κ2) is 7.56. The zero-order valence-electron chi connectivity index (χ0n) is 22.8. The summed E-state index contributed by atoms with van der Waals surface area (Å²) in [4.78, 5) is 29.9. The monoisotopic (exact) mass is 477 g/mol. The summed E-state index contributed by atoms with van der Waals surface area (Å²) in [6, 6.07) is 0.